The third kappa shape index (κ3) is 8.92. The number of thioether (sulfide) groups is 1. The van der Waals surface area contributed by atoms with Crippen molar-refractivity contribution < 1.29 is 42.5 Å². The van der Waals surface area contributed by atoms with Crippen molar-refractivity contribution in [2.45, 2.75) is 61.4 Å². The van der Waals surface area contributed by atoms with Crippen LogP contribution in [-0.4, -0.2) is 73.6 Å². The molecule has 3 aromatic carbocycles. The number of fused-ring (bicyclic) bond motifs is 1. The number of para-hydroxylation sites is 1. The highest BCUT2D eigenvalue weighted by molar-refractivity contribution is 7.98. The number of benzene rings is 3. The molecule has 0 bridgehead atoms. The largest absolute Gasteiger partial charge is 0.483 e. The number of carboxylic acids is 2. The van der Waals surface area contributed by atoms with E-state index in [2.05, 4.69) is 17.1 Å². The molecule has 3 aromatic rings. The number of hydrogen-bond donors (Lipinski definition) is 4. The van der Waals surface area contributed by atoms with Crippen LogP contribution in [0.1, 0.15) is 51.1 Å². The first-order valence-electron chi connectivity index (χ1n) is 15.8. The van der Waals surface area contributed by atoms with E-state index in [1.165, 1.54) is 30.0 Å². The summed E-state index contributed by atoms with van der Waals surface area (Å²) in [4.78, 5) is 51.8. The summed E-state index contributed by atoms with van der Waals surface area (Å²) in [5.41, 5.74) is 1.14. The second kappa shape index (κ2) is 16.2. The van der Waals surface area contributed by atoms with Gasteiger partial charge in [-0.1, -0.05) is 75.2 Å². The van der Waals surface area contributed by atoms with Gasteiger partial charge in [-0.3, -0.25) is 9.59 Å². The van der Waals surface area contributed by atoms with Crippen molar-refractivity contribution in [2.24, 2.45) is 5.41 Å². The van der Waals surface area contributed by atoms with Gasteiger partial charge in [0.2, 0.25) is 11.9 Å². The summed E-state index contributed by atoms with van der Waals surface area (Å²) >= 11 is 1.32. The number of rotatable bonds is 15. The zero-order chi connectivity index (χ0) is 35.8. The Balaban J connectivity index is 1.66. The molecule has 1 aliphatic rings. The Labute approximate surface area is 290 Å². The second-order valence-electron chi connectivity index (χ2n) is 11.9. The zero-order valence-corrected chi connectivity index (χ0v) is 29.2. The molecule has 14 heteroatoms. The molecule has 12 nitrogen and oxygen atoms in total. The van der Waals surface area contributed by atoms with Crippen LogP contribution >= 0.6 is 11.8 Å². The first-order valence-corrected chi connectivity index (χ1v) is 18.7. The van der Waals surface area contributed by atoms with Crippen molar-refractivity contribution in [1.82, 2.24) is 10.6 Å². The summed E-state index contributed by atoms with van der Waals surface area (Å²) in [7, 11) is -3.83. The summed E-state index contributed by atoms with van der Waals surface area (Å²) < 4.78 is 34.2. The van der Waals surface area contributed by atoms with E-state index in [0.717, 1.165) is 24.9 Å². The summed E-state index contributed by atoms with van der Waals surface area (Å²) in [6.07, 6.45) is 5.03. The van der Waals surface area contributed by atoms with E-state index in [0.29, 0.717) is 23.5 Å². The third-order valence-corrected chi connectivity index (χ3v) is 11.3. The Kier molecular flexibility index (Phi) is 12.3. The third-order valence-electron chi connectivity index (χ3n) is 8.58. The van der Waals surface area contributed by atoms with Gasteiger partial charge in [0.15, 0.2) is 16.4 Å². The van der Waals surface area contributed by atoms with Crippen molar-refractivity contribution in [1.29, 1.82) is 0 Å². The van der Waals surface area contributed by atoms with Crippen LogP contribution in [0, 0.1) is 5.41 Å². The fourth-order valence-corrected chi connectivity index (χ4v) is 8.61. The molecule has 1 heterocycles. The van der Waals surface area contributed by atoms with E-state index in [1.54, 1.807) is 30.5 Å². The number of carboxylic acid groups (broad SMARTS) is 2. The van der Waals surface area contributed by atoms with Crippen molar-refractivity contribution in [2.75, 3.05) is 30.1 Å². The van der Waals surface area contributed by atoms with Gasteiger partial charge in [-0.05, 0) is 42.9 Å². The fourth-order valence-electron chi connectivity index (χ4n) is 5.89. The molecule has 4 rings (SSSR count). The minimum Gasteiger partial charge on any atom is -0.483 e. The van der Waals surface area contributed by atoms with Crippen molar-refractivity contribution in [3.05, 3.63) is 78.4 Å². The number of nitrogens with zero attached hydrogens (tertiary/aromatic N) is 1. The maximum absolute atomic E-state index is 14.2. The molecule has 2 atom stereocenters. The number of carbonyl (C=O) groups is 4. The van der Waals surface area contributed by atoms with Gasteiger partial charge in [-0.25, -0.2) is 18.0 Å². The molecule has 0 aliphatic carbocycles. The van der Waals surface area contributed by atoms with E-state index in [-0.39, 0.29) is 22.0 Å². The smallest absolute Gasteiger partial charge is 0.338 e. The van der Waals surface area contributed by atoms with Crippen LogP contribution in [0.15, 0.2) is 82.6 Å². The Hall–Kier alpha value is -4.56. The first-order chi connectivity index (χ1) is 23.3. The average Bonchev–Trinajstić information content (AvgIpc) is 3.19. The van der Waals surface area contributed by atoms with Crippen LogP contribution < -0.4 is 20.3 Å². The number of hydrogen-bond acceptors (Lipinski definition) is 9. The Morgan fingerprint density at radius 3 is 2.16 bits per heavy atom. The second-order valence-corrected chi connectivity index (χ2v) is 14.7. The summed E-state index contributed by atoms with van der Waals surface area (Å²) in [6.45, 7) is 3.99. The van der Waals surface area contributed by atoms with Crippen LogP contribution in [0.5, 0.6) is 5.75 Å². The highest BCUT2D eigenvalue weighted by atomic mass is 32.2. The monoisotopic (exact) mass is 711 g/mol. The van der Waals surface area contributed by atoms with E-state index in [9.17, 15) is 37.8 Å². The predicted molar refractivity (Wildman–Crippen MR) is 186 cm³/mol. The minimum absolute atomic E-state index is 0.0487. The molecule has 4 N–H and O–H groups in total. The molecule has 2 amide bonds. The Morgan fingerprint density at radius 2 is 1.59 bits per heavy atom. The number of nitrogens with one attached hydrogen (secondary N) is 2. The number of aliphatic carboxylic acids is 2. The predicted octanol–water partition coefficient (Wildman–Crippen LogP) is 4.81. The normalized spacial score (nSPS) is 17.3. The van der Waals surface area contributed by atoms with Gasteiger partial charge in [0.25, 0.3) is 5.91 Å². The number of ether oxygens (including phenoxy) is 1. The molecule has 0 aromatic heterocycles. The molecule has 0 saturated carbocycles. The molecule has 1 aliphatic heterocycles. The molecular formula is C35H41N3O9S2. The standard InChI is InChI=1S/C35H41N3O9S2/c1-4-6-17-35(5-2)21-38(24-15-11-8-12-16-24)25-18-27(48-3)26(19-28(25)49(45,46)22-35)47-20-29(39)36-30(23-13-9-7-10-14-23)32(40)37-31(33(41)42)34(43)44/h7-16,18-19,30-31H,4-6,17,20-22H2,1-3H3,(H,36,39)(H,37,40)(H,41,42)(H,43,44)/t30-,35?/m1/s1. The van der Waals surface area contributed by atoms with Gasteiger partial charge in [0, 0.05) is 23.7 Å². The van der Waals surface area contributed by atoms with Crippen molar-refractivity contribution in [3.63, 3.8) is 0 Å². The molecule has 0 fully saturated rings. The van der Waals surface area contributed by atoms with Crippen LogP contribution in [0.25, 0.3) is 0 Å². The summed E-state index contributed by atoms with van der Waals surface area (Å²) in [5.74, 6) is -5.29. The van der Waals surface area contributed by atoms with Crippen molar-refractivity contribution >= 4 is 56.7 Å². The maximum atomic E-state index is 14.2. The average molecular weight is 712 g/mol. The Bertz CT molecular complexity index is 1760. The lowest BCUT2D eigenvalue weighted by atomic mass is 9.81. The molecule has 0 radical (unpaired) electrons. The van der Waals surface area contributed by atoms with E-state index < -0.39 is 57.7 Å². The molecule has 1 unspecified atom stereocenters. The first kappa shape index (κ1) is 37.3. The van der Waals surface area contributed by atoms with Gasteiger partial charge in [0.05, 0.1) is 21.2 Å². The molecule has 49 heavy (non-hydrogen) atoms. The van der Waals surface area contributed by atoms with Gasteiger partial charge >= 0.3 is 11.9 Å². The quantitative estimate of drug-likeness (QED) is 0.126. The lowest BCUT2D eigenvalue weighted by Crippen LogP contribution is -2.51. The van der Waals surface area contributed by atoms with Crippen molar-refractivity contribution in [3.8, 4) is 5.75 Å². The SMILES string of the molecule is CCCCC1(CC)CN(c2ccccc2)c2cc(SC)c(OCC(=O)N[C@@H](C(=O)NC(C(=O)O)C(=O)O)c3ccccc3)cc2S(=O)(=O)C1. The number of amides is 2. The molecule has 262 valence electrons. The number of sulfone groups is 1. The number of carbonyl (C=O) groups excluding carboxylic acids is 2. The van der Waals surface area contributed by atoms with E-state index >= 15 is 0 Å². The molecule has 0 saturated heterocycles. The van der Waals surface area contributed by atoms with Gasteiger partial charge < -0.3 is 30.5 Å². The number of unbranched alkanes of at least 4 members (excludes halogenated alkanes) is 1. The Morgan fingerprint density at radius 1 is 0.959 bits per heavy atom. The zero-order valence-electron chi connectivity index (χ0n) is 27.5. The molecule has 0 spiro atoms. The van der Waals surface area contributed by atoms with Gasteiger partial charge in [-0.15, -0.1) is 11.8 Å². The maximum Gasteiger partial charge on any atom is 0.338 e. The summed E-state index contributed by atoms with van der Waals surface area (Å²) in [5, 5.41) is 22.9. The highest BCUT2D eigenvalue weighted by Crippen LogP contribution is 2.47. The van der Waals surface area contributed by atoms with Crippen LogP contribution in [-0.2, 0) is 29.0 Å². The van der Waals surface area contributed by atoms with Crippen LogP contribution in [0.4, 0.5) is 11.4 Å². The lowest BCUT2D eigenvalue weighted by Gasteiger charge is -2.36. The minimum atomic E-state index is -3.83. The fraction of sp³-hybridized carbons (Fsp3) is 0.371. The molecular weight excluding hydrogens is 671 g/mol. The highest BCUT2D eigenvalue weighted by Gasteiger charge is 2.42. The van der Waals surface area contributed by atoms with E-state index in [1.807, 2.05) is 42.6 Å². The van der Waals surface area contributed by atoms with E-state index in [4.69, 9.17) is 4.74 Å². The lowest BCUT2D eigenvalue weighted by molar-refractivity contribution is -0.153. The van der Waals surface area contributed by atoms with Crippen LogP contribution in [0.3, 0.4) is 0 Å². The summed E-state index contributed by atoms with van der Waals surface area (Å²) in [6, 6.07) is 17.0. The number of anilines is 2. The topological polar surface area (TPSA) is 179 Å². The van der Waals surface area contributed by atoms with Crippen LogP contribution in [0.2, 0.25) is 0 Å². The van der Waals surface area contributed by atoms with Gasteiger partial charge in [-0.2, -0.15) is 0 Å². The van der Waals surface area contributed by atoms with Gasteiger partial charge in [0.1, 0.15) is 11.8 Å².